The SMILES string of the molecule is O=C(O)c1cc(Cc2ccc(N3C(=O)c4ccc([N+](=O)[O-])cc4C3=O)c(C(=O)O)c2)ccc1N1C(=O)c2ccc([N+](=O)[O-])cc2C1=O. The van der Waals surface area contributed by atoms with E-state index in [1.807, 2.05) is 0 Å². The minimum absolute atomic E-state index is 0.0657. The first-order valence-corrected chi connectivity index (χ1v) is 13.4. The zero-order valence-corrected chi connectivity index (χ0v) is 23.4. The number of nitro groups is 2. The summed E-state index contributed by atoms with van der Waals surface area (Å²) in [6, 6.07) is 13.7. The number of anilines is 2. The van der Waals surface area contributed by atoms with Crippen LogP contribution in [0.1, 0.15) is 73.3 Å². The van der Waals surface area contributed by atoms with E-state index < -0.39 is 67.9 Å². The number of non-ortho nitro benzene ring substituents is 2. The van der Waals surface area contributed by atoms with E-state index in [0.717, 1.165) is 36.4 Å². The van der Waals surface area contributed by atoms with Crippen molar-refractivity contribution >= 4 is 58.3 Å². The smallest absolute Gasteiger partial charge is 0.337 e. The minimum atomic E-state index is -1.50. The van der Waals surface area contributed by atoms with Gasteiger partial charge in [-0.2, -0.15) is 0 Å². The lowest BCUT2D eigenvalue weighted by Gasteiger charge is -2.18. The van der Waals surface area contributed by atoms with Crippen molar-refractivity contribution < 1.29 is 48.8 Å². The van der Waals surface area contributed by atoms with Gasteiger partial charge in [0.25, 0.3) is 35.0 Å². The van der Waals surface area contributed by atoms with Crippen LogP contribution in [0.15, 0.2) is 72.8 Å². The lowest BCUT2D eigenvalue weighted by Crippen LogP contribution is -2.31. The number of carboxylic acid groups (broad SMARTS) is 2. The summed E-state index contributed by atoms with van der Waals surface area (Å²) >= 11 is 0. The van der Waals surface area contributed by atoms with Gasteiger partial charge in [-0.1, -0.05) is 12.1 Å². The Kier molecular flexibility index (Phi) is 6.89. The molecule has 0 bridgehead atoms. The molecule has 2 heterocycles. The van der Waals surface area contributed by atoms with E-state index in [0.29, 0.717) is 20.9 Å². The van der Waals surface area contributed by atoms with E-state index in [-0.39, 0.29) is 40.0 Å². The lowest BCUT2D eigenvalue weighted by atomic mass is 9.98. The first kappa shape index (κ1) is 29.9. The Morgan fingerprint density at radius 1 is 0.553 bits per heavy atom. The molecule has 0 radical (unpaired) electrons. The number of rotatable bonds is 8. The van der Waals surface area contributed by atoms with Crippen molar-refractivity contribution in [3.63, 3.8) is 0 Å². The molecule has 47 heavy (non-hydrogen) atoms. The number of hydrogen-bond donors (Lipinski definition) is 2. The molecule has 2 aliphatic heterocycles. The Balaban J connectivity index is 1.32. The summed E-state index contributed by atoms with van der Waals surface area (Å²) in [6.45, 7) is 0. The summed E-state index contributed by atoms with van der Waals surface area (Å²) in [6.07, 6.45) is -0.0657. The molecule has 2 N–H and O–H groups in total. The first-order valence-electron chi connectivity index (χ1n) is 13.4. The van der Waals surface area contributed by atoms with Crippen molar-refractivity contribution in [3.8, 4) is 0 Å². The minimum Gasteiger partial charge on any atom is -0.478 e. The highest BCUT2D eigenvalue weighted by Gasteiger charge is 2.41. The third-order valence-corrected chi connectivity index (χ3v) is 7.63. The number of hydrogen-bond acceptors (Lipinski definition) is 10. The molecule has 0 saturated carbocycles. The zero-order chi connectivity index (χ0) is 33.9. The summed E-state index contributed by atoms with van der Waals surface area (Å²) in [7, 11) is 0. The van der Waals surface area contributed by atoms with Crippen LogP contribution in [0.2, 0.25) is 0 Å². The normalized spacial score (nSPS) is 13.5. The molecule has 4 amide bonds. The van der Waals surface area contributed by atoms with Crippen molar-refractivity contribution in [2.24, 2.45) is 0 Å². The number of amides is 4. The van der Waals surface area contributed by atoms with Gasteiger partial charge >= 0.3 is 11.9 Å². The summed E-state index contributed by atoms with van der Waals surface area (Å²) < 4.78 is 0. The highest BCUT2D eigenvalue weighted by molar-refractivity contribution is 6.36. The molecule has 0 saturated heterocycles. The molecule has 0 spiro atoms. The molecule has 2 aliphatic rings. The van der Waals surface area contributed by atoms with Crippen LogP contribution in [0.3, 0.4) is 0 Å². The maximum Gasteiger partial charge on any atom is 0.337 e. The number of imide groups is 2. The van der Waals surface area contributed by atoms with Crippen LogP contribution >= 0.6 is 0 Å². The molecule has 0 atom stereocenters. The maximum absolute atomic E-state index is 13.1. The average Bonchev–Trinajstić information content (AvgIpc) is 3.44. The summed E-state index contributed by atoms with van der Waals surface area (Å²) in [5, 5.41) is 42.2. The van der Waals surface area contributed by atoms with Gasteiger partial charge in [-0.3, -0.25) is 39.4 Å². The second-order valence-corrected chi connectivity index (χ2v) is 10.4. The van der Waals surface area contributed by atoms with Gasteiger partial charge < -0.3 is 10.2 Å². The molecule has 6 rings (SSSR count). The predicted molar refractivity (Wildman–Crippen MR) is 158 cm³/mol. The second-order valence-electron chi connectivity index (χ2n) is 10.4. The highest BCUT2D eigenvalue weighted by Crippen LogP contribution is 2.36. The summed E-state index contributed by atoms with van der Waals surface area (Å²) in [5.74, 6) is -6.66. The molecule has 0 fully saturated rings. The van der Waals surface area contributed by atoms with E-state index in [4.69, 9.17) is 0 Å². The Morgan fingerprint density at radius 2 is 0.915 bits per heavy atom. The molecule has 0 unspecified atom stereocenters. The van der Waals surface area contributed by atoms with E-state index in [9.17, 15) is 59.2 Å². The van der Waals surface area contributed by atoms with Crippen LogP contribution in [0, 0.1) is 20.2 Å². The number of carboxylic acids is 2. The summed E-state index contributed by atoms with van der Waals surface area (Å²) in [5.41, 5.74) is -2.53. The van der Waals surface area contributed by atoms with Gasteiger partial charge in [0.2, 0.25) is 0 Å². The van der Waals surface area contributed by atoms with Gasteiger partial charge in [0.05, 0.1) is 54.6 Å². The fraction of sp³-hybridized carbons (Fsp3) is 0.0323. The van der Waals surface area contributed by atoms with Gasteiger partial charge in [-0.15, -0.1) is 0 Å². The van der Waals surface area contributed by atoms with E-state index in [2.05, 4.69) is 0 Å². The Labute approximate surface area is 261 Å². The largest absolute Gasteiger partial charge is 0.478 e. The van der Waals surface area contributed by atoms with Crippen LogP contribution in [0.25, 0.3) is 0 Å². The zero-order valence-electron chi connectivity index (χ0n) is 23.4. The van der Waals surface area contributed by atoms with E-state index in [1.165, 1.54) is 36.4 Å². The number of carbonyl (C=O) groups excluding carboxylic acids is 4. The van der Waals surface area contributed by atoms with Crippen LogP contribution in [0.5, 0.6) is 0 Å². The molecule has 0 aliphatic carbocycles. The van der Waals surface area contributed by atoms with E-state index >= 15 is 0 Å². The van der Waals surface area contributed by atoms with E-state index in [1.54, 1.807) is 0 Å². The monoisotopic (exact) mass is 636 g/mol. The lowest BCUT2D eigenvalue weighted by molar-refractivity contribution is -0.385. The third kappa shape index (κ3) is 4.81. The number of benzene rings is 4. The summed E-state index contributed by atoms with van der Waals surface area (Å²) in [4.78, 5) is 98.8. The quantitative estimate of drug-likeness (QED) is 0.158. The highest BCUT2D eigenvalue weighted by atomic mass is 16.6. The molecular weight excluding hydrogens is 620 g/mol. The molecular formula is C31H16N4O12. The first-order chi connectivity index (χ1) is 22.3. The topological polar surface area (TPSA) is 236 Å². The van der Waals surface area contributed by atoms with Crippen molar-refractivity contribution in [2.45, 2.75) is 6.42 Å². The van der Waals surface area contributed by atoms with Gasteiger partial charge in [0.1, 0.15) is 0 Å². The number of nitro benzene ring substituents is 2. The number of carbonyl (C=O) groups is 6. The van der Waals surface area contributed by atoms with Gasteiger partial charge in [-0.05, 0) is 53.9 Å². The fourth-order valence-corrected chi connectivity index (χ4v) is 5.48. The van der Waals surface area contributed by atoms with Gasteiger partial charge in [0.15, 0.2) is 0 Å². The molecule has 16 heteroatoms. The maximum atomic E-state index is 13.1. The van der Waals surface area contributed by atoms with Crippen molar-refractivity contribution in [1.29, 1.82) is 0 Å². The fourth-order valence-electron chi connectivity index (χ4n) is 5.48. The second kappa shape index (κ2) is 10.8. The van der Waals surface area contributed by atoms with Crippen molar-refractivity contribution in [3.05, 3.63) is 138 Å². The average molecular weight is 636 g/mol. The van der Waals surface area contributed by atoms with Crippen LogP contribution < -0.4 is 9.80 Å². The Morgan fingerprint density at radius 3 is 1.26 bits per heavy atom. The van der Waals surface area contributed by atoms with Crippen LogP contribution in [-0.2, 0) is 6.42 Å². The molecule has 232 valence electrons. The molecule has 4 aromatic carbocycles. The molecule has 4 aromatic rings. The number of aromatic carboxylic acids is 2. The number of nitrogens with zero attached hydrogens (tertiary/aromatic N) is 4. The van der Waals surface area contributed by atoms with Crippen molar-refractivity contribution in [1.82, 2.24) is 0 Å². The standard InChI is InChI=1S/C31H16N4O12/c36-26-18-5-3-16(34(44)45)12-20(18)28(38)32(26)24-7-1-14(10-22(24)30(40)41)9-15-2-8-25(23(11-15)31(42)43)33-27(37)19-6-4-17(35(46)47)13-21(19)29(33)39/h1-8,10-13H,9H2,(H,40,41)(H,42,43). The van der Waals surface area contributed by atoms with Gasteiger partial charge in [-0.25, -0.2) is 19.4 Å². The third-order valence-electron chi connectivity index (χ3n) is 7.63. The Bertz CT molecular complexity index is 2040. The molecule has 0 aromatic heterocycles. The van der Waals surface area contributed by atoms with Crippen molar-refractivity contribution in [2.75, 3.05) is 9.80 Å². The predicted octanol–water partition coefficient (Wildman–Crippen LogP) is 4.09. The molecule has 16 nitrogen and oxygen atoms in total. The van der Waals surface area contributed by atoms with Crippen LogP contribution in [0.4, 0.5) is 22.7 Å². The Hall–Kier alpha value is -7.10. The number of fused-ring (bicyclic) bond motifs is 2. The van der Waals surface area contributed by atoms with Crippen LogP contribution in [-0.4, -0.2) is 55.6 Å². The van der Waals surface area contributed by atoms with Gasteiger partial charge in [0, 0.05) is 24.3 Å².